The Bertz CT molecular complexity index is 674. The van der Waals surface area contributed by atoms with E-state index in [4.69, 9.17) is 21.1 Å². The highest BCUT2D eigenvalue weighted by atomic mass is 35.5. The van der Waals surface area contributed by atoms with Gasteiger partial charge < -0.3 is 14.6 Å². The predicted molar refractivity (Wildman–Crippen MR) is 77.1 cm³/mol. The first-order chi connectivity index (χ1) is 10.0. The molecule has 0 heterocycles. The number of rotatable bonds is 5. The SMILES string of the molecule is COc1ccc([N+](=O)[O-])cc1Oc1ccc(Cl)cc1CO. The van der Waals surface area contributed by atoms with E-state index in [2.05, 4.69) is 0 Å². The Morgan fingerprint density at radius 1 is 1.19 bits per heavy atom. The largest absolute Gasteiger partial charge is 0.493 e. The zero-order valence-electron chi connectivity index (χ0n) is 11.1. The Labute approximate surface area is 125 Å². The lowest BCUT2D eigenvalue weighted by Crippen LogP contribution is -1.96. The molecule has 110 valence electrons. The average Bonchev–Trinajstić information content (AvgIpc) is 2.48. The van der Waals surface area contributed by atoms with Gasteiger partial charge in [-0.3, -0.25) is 10.1 Å². The number of methoxy groups -OCH3 is 1. The molecule has 0 bridgehead atoms. The van der Waals surface area contributed by atoms with Crippen molar-refractivity contribution in [3.05, 3.63) is 57.1 Å². The van der Waals surface area contributed by atoms with Crippen LogP contribution < -0.4 is 9.47 Å². The predicted octanol–water partition coefficient (Wildman–Crippen LogP) is 3.54. The molecule has 1 N–H and O–H groups in total. The summed E-state index contributed by atoms with van der Waals surface area (Å²) in [6, 6.07) is 8.75. The highest BCUT2D eigenvalue weighted by Gasteiger charge is 2.14. The van der Waals surface area contributed by atoms with Crippen LogP contribution in [0.2, 0.25) is 5.02 Å². The second-order valence-corrected chi connectivity index (χ2v) is 4.54. The first-order valence-electron chi connectivity index (χ1n) is 5.94. The van der Waals surface area contributed by atoms with E-state index >= 15 is 0 Å². The molecule has 0 amide bonds. The maximum atomic E-state index is 10.8. The minimum absolute atomic E-state index is 0.120. The van der Waals surface area contributed by atoms with Crippen LogP contribution in [-0.4, -0.2) is 17.1 Å². The first-order valence-corrected chi connectivity index (χ1v) is 6.32. The van der Waals surface area contributed by atoms with E-state index in [1.807, 2.05) is 0 Å². The van der Waals surface area contributed by atoms with Gasteiger partial charge in [0.1, 0.15) is 5.75 Å². The minimum atomic E-state index is -0.527. The molecule has 0 aromatic heterocycles. The van der Waals surface area contributed by atoms with Crippen molar-refractivity contribution in [1.29, 1.82) is 0 Å². The number of hydrogen-bond donors (Lipinski definition) is 1. The number of hydrogen-bond acceptors (Lipinski definition) is 5. The zero-order chi connectivity index (χ0) is 15.4. The maximum absolute atomic E-state index is 10.8. The van der Waals surface area contributed by atoms with Crippen LogP contribution in [0.3, 0.4) is 0 Å². The Hall–Kier alpha value is -2.31. The third-order valence-electron chi connectivity index (χ3n) is 2.77. The van der Waals surface area contributed by atoms with E-state index < -0.39 is 4.92 Å². The third kappa shape index (κ3) is 3.42. The quantitative estimate of drug-likeness (QED) is 0.674. The molecule has 0 saturated carbocycles. The summed E-state index contributed by atoms with van der Waals surface area (Å²) in [6.07, 6.45) is 0. The molecule has 0 aliphatic heterocycles. The molecule has 0 aliphatic carbocycles. The summed E-state index contributed by atoms with van der Waals surface area (Å²) in [5.41, 5.74) is 0.348. The van der Waals surface area contributed by atoms with Crippen LogP contribution >= 0.6 is 11.6 Å². The summed E-state index contributed by atoms with van der Waals surface area (Å²) in [5.74, 6) is 0.879. The van der Waals surface area contributed by atoms with E-state index in [0.717, 1.165) is 0 Å². The van der Waals surface area contributed by atoms with E-state index in [1.165, 1.54) is 25.3 Å². The highest BCUT2D eigenvalue weighted by molar-refractivity contribution is 6.30. The van der Waals surface area contributed by atoms with Crippen molar-refractivity contribution in [2.75, 3.05) is 7.11 Å². The van der Waals surface area contributed by atoms with Gasteiger partial charge in [0.05, 0.1) is 24.7 Å². The molecule has 21 heavy (non-hydrogen) atoms. The van der Waals surface area contributed by atoms with E-state index in [0.29, 0.717) is 22.1 Å². The van der Waals surface area contributed by atoms with Crippen molar-refractivity contribution in [3.8, 4) is 17.2 Å². The fourth-order valence-electron chi connectivity index (χ4n) is 1.75. The molecule has 0 atom stereocenters. The molecule has 0 saturated heterocycles. The van der Waals surface area contributed by atoms with Crippen molar-refractivity contribution < 1.29 is 19.5 Å². The lowest BCUT2D eigenvalue weighted by atomic mass is 10.2. The Kier molecular flexibility index (Phi) is 4.62. The fourth-order valence-corrected chi connectivity index (χ4v) is 1.94. The van der Waals surface area contributed by atoms with Crippen LogP contribution in [-0.2, 0) is 6.61 Å². The van der Waals surface area contributed by atoms with Gasteiger partial charge in [-0.15, -0.1) is 0 Å². The summed E-state index contributed by atoms with van der Waals surface area (Å²) < 4.78 is 10.7. The molecular weight excluding hydrogens is 298 g/mol. The van der Waals surface area contributed by atoms with E-state index in [-0.39, 0.29) is 18.0 Å². The molecular formula is C14H12ClNO5. The number of nitro groups is 1. The van der Waals surface area contributed by atoms with Gasteiger partial charge in [0.25, 0.3) is 5.69 Å². The Morgan fingerprint density at radius 3 is 2.52 bits per heavy atom. The summed E-state index contributed by atoms with van der Waals surface area (Å²) in [6.45, 7) is -0.271. The number of aliphatic hydroxyl groups is 1. The second-order valence-electron chi connectivity index (χ2n) is 4.10. The average molecular weight is 310 g/mol. The van der Waals surface area contributed by atoms with Gasteiger partial charge in [-0.05, 0) is 24.3 Å². The fraction of sp³-hybridized carbons (Fsp3) is 0.143. The first kappa shape index (κ1) is 15.1. The smallest absolute Gasteiger partial charge is 0.273 e. The minimum Gasteiger partial charge on any atom is -0.493 e. The van der Waals surface area contributed by atoms with Crippen LogP contribution in [0.15, 0.2) is 36.4 Å². The van der Waals surface area contributed by atoms with Gasteiger partial charge in [-0.1, -0.05) is 11.6 Å². The van der Waals surface area contributed by atoms with Gasteiger partial charge >= 0.3 is 0 Å². The second kappa shape index (κ2) is 6.43. The van der Waals surface area contributed by atoms with Gasteiger partial charge in [0.15, 0.2) is 11.5 Å². The molecule has 6 nitrogen and oxygen atoms in total. The molecule has 0 unspecified atom stereocenters. The molecule has 0 radical (unpaired) electrons. The third-order valence-corrected chi connectivity index (χ3v) is 3.01. The highest BCUT2D eigenvalue weighted by Crippen LogP contribution is 2.36. The summed E-state index contributed by atoms with van der Waals surface area (Å²) >= 11 is 5.84. The monoisotopic (exact) mass is 309 g/mol. The number of halogens is 1. The number of aliphatic hydroxyl groups excluding tert-OH is 1. The Balaban J connectivity index is 2.42. The molecule has 0 fully saturated rings. The molecule has 0 spiro atoms. The Morgan fingerprint density at radius 2 is 1.90 bits per heavy atom. The van der Waals surface area contributed by atoms with Crippen molar-refractivity contribution in [3.63, 3.8) is 0 Å². The van der Waals surface area contributed by atoms with Gasteiger partial charge in [0.2, 0.25) is 0 Å². The standard InChI is InChI=1S/C14H12ClNO5/c1-20-13-5-3-11(16(18)19)7-14(13)21-12-4-2-10(15)6-9(12)8-17/h2-7,17H,8H2,1H3. The van der Waals surface area contributed by atoms with Crippen LogP contribution in [0.4, 0.5) is 5.69 Å². The molecule has 2 aromatic carbocycles. The van der Waals surface area contributed by atoms with Crippen LogP contribution in [0, 0.1) is 10.1 Å². The van der Waals surface area contributed by atoms with Gasteiger partial charge in [0, 0.05) is 16.7 Å². The van der Waals surface area contributed by atoms with Crippen LogP contribution in [0.1, 0.15) is 5.56 Å². The van der Waals surface area contributed by atoms with E-state index in [9.17, 15) is 15.2 Å². The number of nitro benzene ring substituents is 1. The number of nitrogens with zero attached hydrogens (tertiary/aromatic N) is 1. The van der Waals surface area contributed by atoms with E-state index in [1.54, 1.807) is 18.2 Å². The summed E-state index contributed by atoms with van der Waals surface area (Å²) in [5, 5.41) is 20.6. The number of benzene rings is 2. The van der Waals surface area contributed by atoms with Crippen molar-refractivity contribution >= 4 is 17.3 Å². The molecule has 2 rings (SSSR count). The lowest BCUT2D eigenvalue weighted by Gasteiger charge is -2.12. The van der Waals surface area contributed by atoms with Crippen molar-refractivity contribution in [2.45, 2.75) is 6.61 Å². The summed E-state index contributed by atoms with van der Waals surface area (Å²) in [4.78, 5) is 10.3. The lowest BCUT2D eigenvalue weighted by molar-refractivity contribution is -0.384. The van der Waals surface area contributed by atoms with Crippen molar-refractivity contribution in [1.82, 2.24) is 0 Å². The molecule has 7 heteroatoms. The number of ether oxygens (including phenoxy) is 2. The van der Waals surface area contributed by atoms with Crippen LogP contribution in [0.5, 0.6) is 17.2 Å². The maximum Gasteiger partial charge on any atom is 0.273 e. The molecule has 0 aliphatic rings. The van der Waals surface area contributed by atoms with Gasteiger partial charge in [-0.25, -0.2) is 0 Å². The number of non-ortho nitro benzene ring substituents is 1. The summed E-state index contributed by atoms with van der Waals surface area (Å²) in [7, 11) is 1.43. The van der Waals surface area contributed by atoms with Crippen LogP contribution in [0.25, 0.3) is 0 Å². The topological polar surface area (TPSA) is 81.8 Å². The van der Waals surface area contributed by atoms with Crippen molar-refractivity contribution in [2.24, 2.45) is 0 Å². The van der Waals surface area contributed by atoms with Gasteiger partial charge in [-0.2, -0.15) is 0 Å². The zero-order valence-corrected chi connectivity index (χ0v) is 11.8. The molecule has 2 aromatic rings. The normalized spacial score (nSPS) is 10.2.